The average Bonchev–Trinajstić information content (AvgIpc) is 2.56. The second-order valence-electron chi connectivity index (χ2n) is 5.26. The first-order valence-corrected chi connectivity index (χ1v) is 7.48. The molecule has 3 N–H and O–H groups in total. The van der Waals surface area contributed by atoms with Crippen molar-refractivity contribution < 1.29 is 14.6 Å². The summed E-state index contributed by atoms with van der Waals surface area (Å²) < 4.78 is 5.16. The molecule has 2 rings (SSSR count). The number of aliphatic hydroxyl groups is 1. The van der Waals surface area contributed by atoms with Gasteiger partial charge in [0.25, 0.3) is 0 Å². The zero-order valence-corrected chi connectivity index (χ0v) is 13.4. The first-order valence-electron chi connectivity index (χ1n) is 7.48. The zero-order valence-electron chi connectivity index (χ0n) is 13.4. The van der Waals surface area contributed by atoms with Crippen LogP contribution in [0.5, 0.6) is 5.75 Å². The molecule has 2 aromatic rings. The number of aliphatic hydroxyl groups excluding tert-OH is 1. The van der Waals surface area contributed by atoms with Crippen LogP contribution in [0.1, 0.15) is 24.2 Å². The van der Waals surface area contributed by atoms with Crippen molar-refractivity contribution in [2.24, 2.45) is 0 Å². The lowest BCUT2D eigenvalue weighted by molar-refractivity contribution is -0.114. The van der Waals surface area contributed by atoms with Gasteiger partial charge in [-0.15, -0.1) is 0 Å². The molecule has 0 heterocycles. The number of methoxy groups -OCH3 is 1. The second kappa shape index (κ2) is 8.31. The van der Waals surface area contributed by atoms with E-state index in [2.05, 4.69) is 10.6 Å². The SMILES string of the molecule is COc1cccc(C(O)CNCc2ccccc2NC(C)=O)c1. The van der Waals surface area contributed by atoms with Gasteiger partial charge in [-0.3, -0.25) is 4.79 Å². The maximum atomic E-state index is 11.2. The van der Waals surface area contributed by atoms with Gasteiger partial charge >= 0.3 is 0 Å². The number of carbonyl (C=O) groups excluding carboxylic acids is 1. The van der Waals surface area contributed by atoms with E-state index in [-0.39, 0.29) is 5.91 Å². The smallest absolute Gasteiger partial charge is 0.221 e. The Kier molecular flexibility index (Phi) is 6.14. The maximum Gasteiger partial charge on any atom is 0.221 e. The maximum absolute atomic E-state index is 11.2. The van der Waals surface area contributed by atoms with E-state index in [1.807, 2.05) is 48.5 Å². The Morgan fingerprint density at radius 1 is 1.22 bits per heavy atom. The molecule has 0 radical (unpaired) electrons. The molecular formula is C18H22N2O3. The Hall–Kier alpha value is -2.37. The highest BCUT2D eigenvalue weighted by molar-refractivity contribution is 5.89. The predicted molar refractivity (Wildman–Crippen MR) is 90.4 cm³/mol. The Morgan fingerprint density at radius 2 is 2.00 bits per heavy atom. The van der Waals surface area contributed by atoms with Crippen LogP contribution in [0.3, 0.4) is 0 Å². The van der Waals surface area contributed by atoms with Gasteiger partial charge in [0.2, 0.25) is 5.91 Å². The van der Waals surface area contributed by atoms with E-state index in [1.165, 1.54) is 6.92 Å². The normalized spacial score (nSPS) is 11.8. The van der Waals surface area contributed by atoms with Gasteiger partial charge in [0.1, 0.15) is 5.75 Å². The lowest BCUT2D eigenvalue weighted by Crippen LogP contribution is -2.22. The molecule has 122 valence electrons. The summed E-state index contributed by atoms with van der Waals surface area (Å²) in [5.74, 6) is 0.617. The zero-order chi connectivity index (χ0) is 16.7. The quantitative estimate of drug-likeness (QED) is 0.734. The van der Waals surface area contributed by atoms with Crippen molar-refractivity contribution in [3.63, 3.8) is 0 Å². The minimum atomic E-state index is -0.627. The summed E-state index contributed by atoms with van der Waals surface area (Å²) in [6.07, 6.45) is -0.627. The number of hydrogen-bond donors (Lipinski definition) is 3. The third-order valence-electron chi connectivity index (χ3n) is 3.46. The molecule has 1 atom stereocenters. The van der Waals surface area contributed by atoms with Crippen LogP contribution in [0, 0.1) is 0 Å². The molecule has 5 nitrogen and oxygen atoms in total. The number of anilines is 1. The van der Waals surface area contributed by atoms with Crippen molar-refractivity contribution in [3.05, 3.63) is 59.7 Å². The van der Waals surface area contributed by atoms with Crippen molar-refractivity contribution in [2.75, 3.05) is 19.0 Å². The summed E-state index contributed by atoms with van der Waals surface area (Å²) in [7, 11) is 1.60. The highest BCUT2D eigenvalue weighted by Crippen LogP contribution is 2.19. The highest BCUT2D eigenvalue weighted by atomic mass is 16.5. The molecule has 23 heavy (non-hydrogen) atoms. The molecular weight excluding hydrogens is 292 g/mol. The van der Waals surface area contributed by atoms with Gasteiger partial charge in [0.15, 0.2) is 0 Å². The summed E-state index contributed by atoms with van der Waals surface area (Å²) in [5.41, 5.74) is 2.55. The number of hydrogen-bond acceptors (Lipinski definition) is 4. The van der Waals surface area contributed by atoms with E-state index in [1.54, 1.807) is 7.11 Å². The summed E-state index contributed by atoms with van der Waals surface area (Å²) in [6, 6.07) is 15.0. The molecule has 0 spiro atoms. The summed E-state index contributed by atoms with van der Waals surface area (Å²) in [4.78, 5) is 11.2. The molecule has 0 aromatic heterocycles. The van der Waals surface area contributed by atoms with E-state index < -0.39 is 6.10 Å². The number of ether oxygens (including phenoxy) is 1. The summed E-state index contributed by atoms with van der Waals surface area (Å²) in [6.45, 7) is 2.44. The van der Waals surface area contributed by atoms with Crippen molar-refractivity contribution in [1.82, 2.24) is 5.32 Å². The molecule has 0 saturated heterocycles. The van der Waals surface area contributed by atoms with E-state index >= 15 is 0 Å². The average molecular weight is 314 g/mol. The minimum Gasteiger partial charge on any atom is -0.497 e. The number of para-hydroxylation sites is 1. The first kappa shape index (κ1) is 17.0. The number of nitrogens with one attached hydrogen (secondary N) is 2. The number of benzene rings is 2. The monoisotopic (exact) mass is 314 g/mol. The van der Waals surface area contributed by atoms with Gasteiger partial charge in [-0.1, -0.05) is 30.3 Å². The molecule has 0 fully saturated rings. The van der Waals surface area contributed by atoms with Gasteiger partial charge in [0, 0.05) is 25.7 Å². The predicted octanol–water partition coefficient (Wildman–Crippen LogP) is 2.48. The van der Waals surface area contributed by atoms with Crippen molar-refractivity contribution in [2.45, 2.75) is 19.6 Å². The van der Waals surface area contributed by atoms with Gasteiger partial charge in [-0.2, -0.15) is 0 Å². The number of amides is 1. The third-order valence-corrected chi connectivity index (χ3v) is 3.46. The Labute approximate surface area is 136 Å². The van der Waals surface area contributed by atoms with E-state index in [4.69, 9.17) is 4.74 Å². The molecule has 5 heteroatoms. The molecule has 0 aliphatic heterocycles. The van der Waals surface area contributed by atoms with Gasteiger partial charge in [-0.25, -0.2) is 0 Å². The van der Waals surface area contributed by atoms with Crippen LogP contribution in [-0.2, 0) is 11.3 Å². The van der Waals surface area contributed by atoms with Crippen LogP contribution in [-0.4, -0.2) is 24.7 Å². The highest BCUT2D eigenvalue weighted by Gasteiger charge is 2.09. The lowest BCUT2D eigenvalue weighted by Gasteiger charge is -2.15. The molecule has 2 aromatic carbocycles. The molecule has 0 aliphatic rings. The second-order valence-corrected chi connectivity index (χ2v) is 5.26. The van der Waals surface area contributed by atoms with Gasteiger partial charge in [0.05, 0.1) is 13.2 Å². The fraction of sp³-hybridized carbons (Fsp3) is 0.278. The Morgan fingerprint density at radius 3 is 2.74 bits per heavy atom. The number of carbonyl (C=O) groups is 1. The standard InChI is InChI=1S/C18H22N2O3/c1-13(21)20-17-9-4-3-6-15(17)11-19-12-18(22)14-7-5-8-16(10-14)23-2/h3-10,18-19,22H,11-12H2,1-2H3,(H,20,21). The van der Waals surface area contributed by atoms with Crippen LogP contribution < -0.4 is 15.4 Å². The minimum absolute atomic E-state index is 0.103. The number of rotatable bonds is 7. The lowest BCUT2D eigenvalue weighted by atomic mass is 10.1. The van der Waals surface area contributed by atoms with Gasteiger partial charge in [-0.05, 0) is 29.3 Å². The van der Waals surface area contributed by atoms with Gasteiger partial charge < -0.3 is 20.5 Å². The molecule has 1 unspecified atom stereocenters. The molecule has 1 amide bonds. The van der Waals surface area contributed by atoms with Crippen molar-refractivity contribution >= 4 is 11.6 Å². The van der Waals surface area contributed by atoms with Crippen LogP contribution in [0.2, 0.25) is 0 Å². The fourth-order valence-electron chi connectivity index (χ4n) is 2.30. The molecule has 0 aliphatic carbocycles. The summed E-state index contributed by atoms with van der Waals surface area (Å²) in [5, 5.41) is 16.3. The largest absolute Gasteiger partial charge is 0.497 e. The van der Waals surface area contributed by atoms with E-state index in [0.717, 1.165) is 22.6 Å². The first-order chi connectivity index (χ1) is 11.1. The topological polar surface area (TPSA) is 70.6 Å². The van der Waals surface area contributed by atoms with Crippen LogP contribution in [0.25, 0.3) is 0 Å². The van der Waals surface area contributed by atoms with E-state index in [9.17, 15) is 9.90 Å². The van der Waals surface area contributed by atoms with Crippen LogP contribution in [0.4, 0.5) is 5.69 Å². The van der Waals surface area contributed by atoms with Crippen LogP contribution >= 0.6 is 0 Å². The van der Waals surface area contributed by atoms with E-state index in [0.29, 0.717) is 13.1 Å². The third kappa shape index (κ3) is 5.09. The fourth-order valence-corrected chi connectivity index (χ4v) is 2.30. The molecule has 0 bridgehead atoms. The Balaban J connectivity index is 1.93. The van der Waals surface area contributed by atoms with Crippen LogP contribution in [0.15, 0.2) is 48.5 Å². The Bertz CT molecular complexity index is 658. The molecule has 0 saturated carbocycles. The van der Waals surface area contributed by atoms with Crippen molar-refractivity contribution in [3.8, 4) is 5.75 Å². The summed E-state index contributed by atoms with van der Waals surface area (Å²) >= 11 is 0. The van der Waals surface area contributed by atoms with Crippen molar-refractivity contribution in [1.29, 1.82) is 0 Å².